The largest absolute Gasteiger partial charge is 0.631 e. The van der Waals surface area contributed by atoms with Crippen LogP contribution in [0.4, 0.5) is 0 Å². The molecule has 1 aromatic rings. The number of carbonyl (C=O) groups excluding carboxylic acids is 2. The zero-order chi connectivity index (χ0) is 16.7. The van der Waals surface area contributed by atoms with Crippen molar-refractivity contribution in [1.29, 1.82) is 0 Å². The van der Waals surface area contributed by atoms with Gasteiger partial charge in [-0.25, -0.2) is 4.90 Å². The van der Waals surface area contributed by atoms with Gasteiger partial charge in [0.15, 0.2) is 12.2 Å². The average molecular weight is 330 g/mol. The van der Waals surface area contributed by atoms with Gasteiger partial charge in [0.25, 0.3) is 5.91 Å². The maximum absolute atomic E-state index is 14.0. The van der Waals surface area contributed by atoms with E-state index in [1.807, 2.05) is 24.3 Å². The summed E-state index contributed by atoms with van der Waals surface area (Å²) in [5.41, 5.74) is 2.04. The van der Waals surface area contributed by atoms with Gasteiger partial charge < -0.3 is 15.2 Å². The van der Waals surface area contributed by atoms with Crippen molar-refractivity contribution in [3.8, 4) is 0 Å². The third-order valence-corrected chi connectivity index (χ3v) is 5.40. The van der Waals surface area contributed by atoms with Crippen LogP contribution in [0.25, 0.3) is 0 Å². The van der Waals surface area contributed by atoms with Gasteiger partial charge in [0, 0.05) is 50.1 Å². The van der Waals surface area contributed by atoms with Crippen LogP contribution in [0.3, 0.4) is 0 Å². The number of piperazine rings is 1. The van der Waals surface area contributed by atoms with Gasteiger partial charge in [-0.1, -0.05) is 24.3 Å². The Morgan fingerprint density at radius 2 is 1.92 bits per heavy atom. The van der Waals surface area contributed by atoms with Crippen LogP contribution in [0, 0.1) is 5.21 Å². The second kappa shape index (κ2) is 5.93. The lowest BCUT2D eigenvalue weighted by Crippen LogP contribution is -2.63. The Balaban J connectivity index is 1.72. The third kappa shape index (κ3) is 2.44. The summed E-state index contributed by atoms with van der Waals surface area (Å²) in [4.78, 5) is 26.1. The number of amides is 2. The summed E-state index contributed by atoms with van der Waals surface area (Å²) in [6.45, 7) is 3.54. The molecule has 2 N–H and O–H groups in total. The van der Waals surface area contributed by atoms with Gasteiger partial charge in [-0.2, -0.15) is 0 Å². The number of benzene rings is 1. The van der Waals surface area contributed by atoms with Gasteiger partial charge in [0.1, 0.15) is 6.54 Å². The lowest BCUT2D eigenvalue weighted by molar-refractivity contribution is -0.944. The SMILES string of the molecule is O=C1CC[C@H]([N+]2([O-])Cc3ccccc3C2N2CCNCC2)C(=O)N1. The molecule has 3 aliphatic rings. The summed E-state index contributed by atoms with van der Waals surface area (Å²) in [6.07, 6.45) is 0.195. The van der Waals surface area contributed by atoms with E-state index in [9.17, 15) is 14.8 Å². The fraction of sp³-hybridized carbons (Fsp3) is 0.529. The predicted molar refractivity (Wildman–Crippen MR) is 87.1 cm³/mol. The molecule has 3 heterocycles. The number of nitrogens with one attached hydrogen (secondary N) is 2. The van der Waals surface area contributed by atoms with Gasteiger partial charge in [0.05, 0.1) is 0 Å². The summed E-state index contributed by atoms with van der Waals surface area (Å²) >= 11 is 0. The fourth-order valence-corrected chi connectivity index (χ4v) is 4.30. The first kappa shape index (κ1) is 15.7. The van der Waals surface area contributed by atoms with E-state index < -0.39 is 16.6 Å². The molecule has 2 unspecified atom stereocenters. The average Bonchev–Trinajstić information content (AvgIpc) is 2.88. The number of hydrogen-bond donors (Lipinski definition) is 2. The summed E-state index contributed by atoms with van der Waals surface area (Å²) in [5, 5.41) is 19.6. The quantitative estimate of drug-likeness (QED) is 0.460. The molecule has 0 bridgehead atoms. The molecule has 0 radical (unpaired) electrons. The van der Waals surface area contributed by atoms with Crippen LogP contribution in [0.1, 0.15) is 30.1 Å². The van der Waals surface area contributed by atoms with Crippen molar-refractivity contribution in [2.45, 2.75) is 31.6 Å². The Morgan fingerprint density at radius 3 is 2.67 bits per heavy atom. The minimum absolute atomic E-state index is 0.239. The number of carbonyl (C=O) groups is 2. The van der Waals surface area contributed by atoms with Crippen LogP contribution in [0.5, 0.6) is 0 Å². The molecule has 0 spiro atoms. The van der Waals surface area contributed by atoms with Crippen molar-refractivity contribution < 1.29 is 14.2 Å². The molecule has 2 saturated heterocycles. The molecule has 4 rings (SSSR count). The zero-order valence-electron chi connectivity index (χ0n) is 13.5. The molecule has 24 heavy (non-hydrogen) atoms. The topological polar surface area (TPSA) is 84.5 Å². The first-order valence-electron chi connectivity index (χ1n) is 8.54. The van der Waals surface area contributed by atoms with E-state index >= 15 is 0 Å². The fourth-order valence-electron chi connectivity index (χ4n) is 4.30. The molecule has 0 saturated carbocycles. The van der Waals surface area contributed by atoms with Crippen LogP contribution in [0.15, 0.2) is 24.3 Å². The maximum Gasteiger partial charge on any atom is 0.285 e. The maximum atomic E-state index is 14.0. The number of hydroxylamine groups is 3. The lowest BCUT2D eigenvalue weighted by atomic mass is 10.0. The highest BCUT2D eigenvalue weighted by atomic mass is 16.6. The van der Waals surface area contributed by atoms with Crippen molar-refractivity contribution >= 4 is 11.8 Å². The molecule has 7 heteroatoms. The van der Waals surface area contributed by atoms with Gasteiger partial charge in [-0.3, -0.25) is 14.9 Å². The molecular weight excluding hydrogens is 308 g/mol. The minimum Gasteiger partial charge on any atom is -0.631 e. The minimum atomic E-state index is -0.727. The smallest absolute Gasteiger partial charge is 0.285 e. The van der Waals surface area contributed by atoms with E-state index in [4.69, 9.17) is 0 Å². The van der Waals surface area contributed by atoms with Crippen molar-refractivity contribution in [1.82, 2.24) is 15.5 Å². The van der Waals surface area contributed by atoms with Gasteiger partial charge in [-0.15, -0.1) is 0 Å². The van der Waals surface area contributed by atoms with E-state index in [0.717, 1.165) is 37.3 Å². The third-order valence-electron chi connectivity index (χ3n) is 5.40. The second-order valence-corrected chi connectivity index (χ2v) is 6.84. The molecule has 7 nitrogen and oxygen atoms in total. The number of piperidine rings is 1. The Kier molecular flexibility index (Phi) is 3.88. The first-order valence-corrected chi connectivity index (χ1v) is 8.54. The number of rotatable bonds is 2. The van der Waals surface area contributed by atoms with E-state index in [1.165, 1.54) is 0 Å². The van der Waals surface area contributed by atoms with Crippen LogP contribution >= 0.6 is 0 Å². The van der Waals surface area contributed by atoms with Crippen LogP contribution in [-0.4, -0.2) is 53.6 Å². The van der Waals surface area contributed by atoms with E-state index in [2.05, 4.69) is 15.5 Å². The lowest BCUT2D eigenvalue weighted by Gasteiger charge is -2.53. The van der Waals surface area contributed by atoms with Crippen LogP contribution < -0.4 is 10.6 Å². The van der Waals surface area contributed by atoms with E-state index in [0.29, 0.717) is 6.42 Å². The first-order chi connectivity index (χ1) is 11.6. The standard InChI is InChI=1S/C17H22N4O3/c22-15-6-5-14(16(23)19-15)21(24)11-12-3-1-2-4-13(12)17(21)20-9-7-18-8-10-20/h1-4,14,17-18H,5-11H2,(H,19,22,23)/t14-,17?,21?/m0/s1. The van der Waals surface area contributed by atoms with E-state index in [-0.39, 0.29) is 25.0 Å². The summed E-state index contributed by atoms with van der Waals surface area (Å²) in [7, 11) is 0. The Hall–Kier alpha value is -1.80. The summed E-state index contributed by atoms with van der Waals surface area (Å²) in [6, 6.07) is 7.15. The van der Waals surface area contributed by atoms with Crippen LogP contribution in [0.2, 0.25) is 0 Å². The molecule has 0 aromatic heterocycles. The highest BCUT2D eigenvalue weighted by Gasteiger charge is 2.51. The van der Waals surface area contributed by atoms with Gasteiger partial charge in [0.2, 0.25) is 5.91 Å². The second-order valence-electron chi connectivity index (χ2n) is 6.84. The highest BCUT2D eigenvalue weighted by Crippen LogP contribution is 2.45. The number of quaternary nitrogens is 1. The van der Waals surface area contributed by atoms with Crippen molar-refractivity contribution in [3.05, 3.63) is 40.6 Å². The van der Waals surface area contributed by atoms with Crippen molar-refractivity contribution in [3.63, 3.8) is 0 Å². The zero-order valence-corrected chi connectivity index (χ0v) is 13.5. The Bertz CT molecular complexity index is 674. The number of imide groups is 1. The van der Waals surface area contributed by atoms with Crippen LogP contribution in [-0.2, 0) is 16.1 Å². The summed E-state index contributed by atoms with van der Waals surface area (Å²) in [5.74, 6) is -0.701. The summed E-state index contributed by atoms with van der Waals surface area (Å²) < 4.78 is -0.599. The predicted octanol–water partition coefficient (Wildman–Crippen LogP) is 0.224. The monoisotopic (exact) mass is 330 g/mol. The molecule has 2 fully saturated rings. The normalized spacial score (nSPS) is 34.0. The Morgan fingerprint density at radius 1 is 1.17 bits per heavy atom. The van der Waals surface area contributed by atoms with Gasteiger partial charge >= 0.3 is 0 Å². The number of fused-ring (bicyclic) bond motifs is 1. The molecule has 128 valence electrons. The highest BCUT2D eigenvalue weighted by molar-refractivity contribution is 5.99. The Labute approximate surface area is 140 Å². The van der Waals surface area contributed by atoms with E-state index in [1.54, 1.807) is 0 Å². The van der Waals surface area contributed by atoms with Crippen molar-refractivity contribution in [2.75, 3.05) is 26.2 Å². The molecular formula is C17H22N4O3. The molecule has 3 aliphatic heterocycles. The molecule has 3 atom stereocenters. The molecule has 2 amide bonds. The van der Waals surface area contributed by atoms with Crippen molar-refractivity contribution in [2.24, 2.45) is 0 Å². The molecule has 1 aromatic carbocycles. The van der Waals surface area contributed by atoms with Gasteiger partial charge in [-0.05, 0) is 0 Å². The number of hydrogen-bond acceptors (Lipinski definition) is 5. The molecule has 0 aliphatic carbocycles. The number of nitrogens with zero attached hydrogens (tertiary/aromatic N) is 2.